The molecule has 1 aromatic carbocycles. The van der Waals surface area contributed by atoms with Crippen LogP contribution < -0.4 is 10.6 Å². The Morgan fingerprint density at radius 3 is 2.24 bits per heavy atom. The quantitative estimate of drug-likeness (QED) is 0.610. The molecule has 0 aliphatic rings. The van der Waals surface area contributed by atoms with Gasteiger partial charge in [0.1, 0.15) is 6.04 Å². The number of hydrogen-bond acceptors (Lipinski definition) is 5. The third-order valence-electron chi connectivity index (χ3n) is 3.35. The SMILES string of the molecule is CCOC(=O)[C@H](C)C[C@@H](NC(=O)c1ccc(NC(C)=O)cc1)C(=O)O. The van der Waals surface area contributed by atoms with Gasteiger partial charge in [-0.25, -0.2) is 4.79 Å². The molecule has 1 rings (SSSR count). The van der Waals surface area contributed by atoms with Crippen molar-refractivity contribution in [2.24, 2.45) is 5.92 Å². The third kappa shape index (κ3) is 6.62. The minimum Gasteiger partial charge on any atom is -0.480 e. The van der Waals surface area contributed by atoms with Gasteiger partial charge < -0.3 is 20.5 Å². The van der Waals surface area contributed by atoms with Gasteiger partial charge in [-0.1, -0.05) is 6.92 Å². The number of esters is 1. The fourth-order valence-corrected chi connectivity index (χ4v) is 2.11. The van der Waals surface area contributed by atoms with Crippen LogP contribution in [-0.2, 0) is 19.1 Å². The van der Waals surface area contributed by atoms with Crippen molar-refractivity contribution in [3.8, 4) is 0 Å². The van der Waals surface area contributed by atoms with Gasteiger partial charge in [-0.2, -0.15) is 0 Å². The summed E-state index contributed by atoms with van der Waals surface area (Å²) >= 11 is 0. The smallest absolute Gasteiger partial charge is 0.326 e. The van der Waals surface area contributed by atoms with E-state index in [1.807, 2.05) is 0 Å². The molecule has 0 radical (unpaired) electrons. The van der Waals surface area contributed by atoms with Crippen molar-refractivity contribution in [2.45, 2.75) is 33.2 Å². The van der Waals surface area contributed by atoms with Gasteiger partial charge in [0.15, 0.2) is 0 Å². The summed E-state index contributed by atoms with van der Waals surface area (Å²) in [5.74, 6) is -3.24. The van der Waals surface area contributed by atoms with E-state index in [4.69, 9.17) is 4.74 Å². The topological polar surface area (TPSA) is 122 Å². The lowest BCUT2D eigenvalue weighted by atomic mass is 10.0. The molecule has 1 aromatic rings. The molecule has 2 atom stereocenters. The van der Waals surface area contributed by atoms with Crippen molar-refractivity contribution in [1.29, 1.82) is 0 Å². The molecule has 0 aliphatic carbocycles. The number of rotatable bonds is 8. The summed E-state index contributed by atoms with van der Waals surface area (Å²) < 4.78 is 4.84. The highest BCUT2D eigenvalue weighted by atomic mass is 16.5. The fourth-order valence-electron chi connectivity index (χ4n) is 2.11. The van der Waals surface area contributed by atoms with Crippen molar-refractivity contribution in [3.63, 3.8) is 0 Å². The molecular formula is C17H22N2O6. The molecule has 0 aromatic heterocycles. The summed E-state index contributed by atoms with van der Waals surface area (Å²) in [6.07, 6.45) is -0.0795. The minimum absolute atomic E-state index is 0.0795. The number of carboxylic acid groups (broad SMARTS) is 1. The van der Waals surface area contributed by atoms with E-state index in [1.165, 1.54) is 31.2 Å². The maximum Gasteiger partial charge on any atom is 0.326 e. The van der Waals surface area contributed by atoms with E-state index in [0.717, 1.165) is 0 Å². The molecule has 0 saturated carbocycles. The van der Waals surface area contributed by atoms with Crippen molar-refractivity contribution in [1.82, 2.24) is 5.32 Å². The predicted molar refractivity (Wildman–Crippen MR) is 90.0 cm³/mol. The summed E-state index contributed by atoms with van der Waals surface area (Å²) in [4.78, 5) is 46.1. The molecule has 0 heterocycles. The molecule has 8 nitrogen and oxygen atoms in total. The van der Waals surface area contributed by atoms with Crippen LogP contribution in [0.2, 0.25) is 0 Å². The third-order valence-corrected chi connectivity index (χ3v) is 3.35. The second kappa shape index (κ2) is 9.41. The van der Waals surface area contributed by atoms with Crippen LogP contribution in [0.25, 0.3) is 0 Å². The summed E-state index contributed by atoms with van der Waals surface area (Å²) in [7, 11) is 0. The van der Waals surface area contributed by atoms with Crippen LogP contribution in [0, 0.1) is 5.92 Å². The number of ether oxygens (including phenoxy) is 1. The monoisotopic (exact) mass is 350 g/mol. The Bertz CT molecular complexity index is 641. The van der Waals surface area contributed by atoms with Crippen LogP contribution >= 0.6 is 0 Å². The van der Waals surface area contributed by atoms with Crippen LogP contribution in [-0.4, -0.2) is 41.5 Å². The number of aliphatic carboxylic acids is 1. The number of benzene rings is 1. The second-order valence-electron chi connectivity index (χ2n) is 5.51. The van der Waals surface area contributed by atoms with Crippen LogP contribution in [0.1, 0.15) is 37.6 Å². The molecule has 136 valence electrons. The van der Waals surface area contributed by atoms with Gasteiger partial charge in [0.25, 0.3) is 5.91 Å². The molecule has 3 N–H and O–H groups in total. The zero-order valence-electron chi connectivity index (χ0n) is 14.4. The van der Waals surface area contributed by atoms with Crippen molar-refractivity contribution < 1.29 is 29.0 Å². The van der Waals surface area contributed by atoms with Crippen molar-refractivity contribution in [2.75, 3.05) is 11.9 Å². The molecule has 0 bridgehead atoms. The summed E-state index contributed by atoms with van der Waals surface area (Å²) in [6.45, 7) is 4.77. The lowest BCUT2D eigenvalue weighted by Crippen LogP contribution is -2.42. The maximum atomic E-state index is 12.2. The lowest BCUT2D eigenvalue weighted by molar-refractivity contribution is -0.148. The highest BCUT2D eigenvalue weighted by Crippen LogP contribution is 2.12. The first-order valence-corrected chi connectivity index (χ1v) is 7.82. The molecule has 25 heavy (non-hydrogen) atoms. The van der Waals surface area contributed by atoms with Gasteiger partial charge in [0, 0.05) is 18.2 Å². The minimum atomic E-state index is -1.24. The molecule has 0 unspecified atom stereocenters. The largest absolute Gasteiger partial charge is 0.480 e. The van der Waals surface area contributed by atoms with E-state index < -0.39 is 29.8 Å². The van der Waals surface area contributed by atoms with Gasteiger partial charge in [0.05, 0.1) is 12.5 Å². The molecule has 0 aliphatic heterocycles. The first-order valence-electron chi connectivity index (χ1n) is 7.82. The van der Waals surface area contributed by atoms with Crippen LogP contribution in [0.3, 0.4) is 0 Å². The van der Waals surface area contributed by atoms with Crippen molar-refractivity contribution in [3.05, 3.63) is 29.8 Å². The summed E-state index contributed by atoms with van der Waals surface area (Å²) in [5.41, 5.74) is 0.763. The van der Waals surface area contributed by atoms with E-state index >= 15 is 0 Å². The van der Waals surface area contributed by atoms with E-state index in [1.54, 1.807) is 13.8 Å². The molecular weight excluding hydrogens is 328 g/mol. The number of nitrogens with one attached hydrogen (secondary N) is 2. The maximum absolute atomic E-state index is 12.2. The standard InChI is InChI=1S/C17H22N2O6/c1-4-25-17(24)10(2)9-14(16(22)23)19-15(21)12-5-7-13(8-6-12)18-11(3)20/h5-8,10,14H,4,9H2,1-3H3,(H,18,20)(H,19,21)(H,22,23)/t10-,14-/m1/s1. The highest BCUT2D eigenvalue weighted by Gasteiger charge is 2.26. The Morgan fingerprint density at radius 2 is 1.76 bits per heavy atom. The van der Waals surface area contributed by atoms with Crippen LogP contribution in [0.15, 0.2) is 24.3 Å². The number of amides is 2. The first-order chi connectivity index (χ1) is 11.7. The molecule has 8 heteroatoms. The molecule has 0 spiro atoms. The van der Waals surface area contributed by atoms with Gasteiger partial charge in [-0.3, -0.25) is 14.4 Å². The Balaban J connectivity index is 2.74. The van der Waals surface area contributed by atoms with E-state index in [2.05, 4.69) is 10.6 Å². The summed E-state index contributed by atoms with van der Waals surface area (Å²) in [6, 6.07) is 4.78. The Hall–Kier alpha value is -2.90. The van der Waals surface area contributed by atoms with Crippen LogP contribution in [0.5, 0.6) is 0 Å². The Morgan fingerprint density at radius 1 is 1.16 bits per heavy atom. The van der Waals surface area contributed by atoms with E-state index in [9.17, 15) is 24.3 Å². The van der Waals surface area contributed by atoms with Gasteiger partial charge in [0.2, 0.25) is 5.91 Å². The number of carbonyl (C=O) groups is 4. The molecule has 0 fully saturated rings. The second-order valence-corrected chi connectivity index (χ2v) is 5.51. The zero-order chi connectivity index (χ0) is 19.0. The molecule has 0 saturated heterocycles. The average molecular weight is 350 g/mol. The average Bonchev–Trinajstić information content (AvgIpc) is 2.54. The predicted octanol–water partition coefficient (Wildman–Crippen LogP) is 1.42. The number of hydrogen-bond donors (Lipinski definition) is 3. The number of carboxylic acids is 1. The van der Waals surface area contributed by atoms with Gasteiger partial charge in [-0.15, -0.1) is 0 Å². The summed E-state index contributed by atoms with van der Waals surface area (Å²) in [5, 5.41) is 14.2. The lowest BCUT2D eigenvalue weighted by Gasteiger charge is -2.18. The van der Waals surface area contributed by atoms with Gasteiger partial charge >= 0.3 is 11.9 Å². The highest BCUT2D eigenvalue weighted by molar-refractivity contribution is 5.97. The van der Waals surface area contributed by atoms with E-state index in [0.29, 0.717) is 5.69 Å². The Kier molecular flexibility index (Phi) is 7.58. The normalized spacial score (nSPS) is 12.6. The van der Waals surface area contributed by atoms with Crippen molar-refractivity contribution >= 4 is 29.4 Å². The van der Waals surface area contributed by atoms with E-state index in [-0.39, 0.29) is 24.5 Å². The number of carbonyl (C=O) groups excluding carboxylic acids is 3. The molecule has 2 amide bonds. The fraction of sp³-hybridized carbons (Fsp3) is 0.412. The van der Waals surface area contributed by atoms with Crippen LogP contribution in [0.4, 0.5) is 5.69 Å². The first kappa shape index (κ1) is 20.1. The number of anilines is 1. The van der Waals surface area contributed by atoms with Gasteiger partial charge in [-0.05, 0) is 37.6 Å². The zero-order valence-corrected chi connectivity index (χ0v) is 14.4. The Labute approximate surface area is 145 Å².